The lowest BCUT2D eigenvalue weighted by atomic mass is 10.1. The molecule has 0 saturated carbocycles. The molecule has 1 aliphatic rings. The summed E-state index contributed by atoms with van der Waals surface area (Å²) in [5.41, 5.74) is 2.22. The zero-order valence-corrected chi connectivity index (χ0v) is 17.3. The van der Waals surface area contributed by atoms with E-state index in [0.717, 1.165) is 76.2 Å². The molecule has 0 aliphatic carbocycles. The van der Waals surface area contributed by atoms with Crippen LogP contribution in [0.2, 0.25) is 0 Å². The predicted molar refractivity (Wildman–Crippen MR) is 106 cm³/mol. The van der Waals surface area contributed by atoms with Crippen molar-refractivity contribution in [1.82, 2.24) is 20.7 Å². The van der Waals surface area contributed by atoms with E-state index in [4.69, 9.17) is 9.26 Å². The molecule has 0 bridgehead atoms. The van der Waals surface area contributed by atoms with Gasteiger partial charge in [-0.2, -0.15) is 0 Å². The predicted octanol–water partition coefficient (Wildman–Crippen LogP) is 1.34. The lowest BCUT2D eigenvalue weighted by molar-refractivity contribution is 0.0389. The summed E-state index contributed by atoms with van der Waals surface area (Å²) in [4.78, 5) is 6.66. The second-order valence-corrected chi connectivity index (χ2v) is 5.79. The van der Waals surface area contributed by atoms with E-state index in [1.165, 1.54) is 5.56 Å². The summed E-state index contributed by atoms with van der Waals surface area (Å²) in [6, 6.07) is 0. The zero-order chi connectivity index (χ0) is 16.5. The minimum Gasteiger partial charge on any atom is -0.379 e. The molecule has 2 rings (SSSR count). The van der Waals surface area contributed by atoms with Crippen molar-refractivity contribution in [3.63, 3.8) is 0 Å². The van der Waals surface area contributed by atoms with Gasteiger partial charge in [0.15, 0.2) is 5.96 Å². The first-order chi connectivity index (χ1) is 11.2. The molecular formula is C16H30IN5O2. The van der Waals surface area contributed by atoms with Crippen LogP contribution < -0.4 is 10.6 Å². The van der Waals surface area contributed by atoms with Gasteiger partial charge in [-0.05, 0) is 26.7 Å². The summed E-state index contributed by atoms with van der Waals surface area (Å²) in [6.07, 6.45) is 1.99. The fraction of sp³-hybridized carbons (Fsp3) is 0.750. The van der Waals surface area contributed by atoms with Crippen molar-refractivity contribution in [3.8, 4) is 0 Å². The maximum absolute atomic E-state index is 5.35. The molecule has 0 unspecified atom stereocenters. The summed E-state index contributed by atoms with van der Waals surface area (Å²) in [7, 11) is 1.80. The Balaban J connectivity index is 0.00000288. The van der Waals surface area contributed by atoms with Crippen LogP contribution in [0.1, 0.15) is 23.4 Å². The molecule has 2 heterocycles. The van der Waals surface area contributed by atoms with Gasteiger partial charge in [-0.1, -0.05) is 5.16 Å². The Morgan fingerprint density at radius 2 is 1.92 bits per heavy atom. The Bertz CT molecular complexity index is 481. The Morgan fingerprint density at radius 1 is 1.21 bits per heavy atom. The summed E-state index contributed by atoms with van der Waals surface area (Å²) in [6.45, 7) is 10.5. The first kappa shape index (κ1) is 21.2. The highest BCUT2D eigenvalue weighted by Gasteiger charge is 2.10. The minimum atomic E-state index is 0. The van der Waals surface area contributed by atoms with Crippen molar-refractivity contribution in [2.45, 2.75) is 26.7 Å². The number of morpholine rings is 1. The molecule has 0 atom stereocenters. The van der Waals surface area contributed by atoms with Crippen LogP contribution >= 0.6 is 24.0 Å². The molecule has 1 saturated heterocycles. The number of hydrogen-bond acceptors (Lipinski definition) is 5. The number of halogens is 1. The SMILES string of the molecule is CN=C(NCCCc1c(C)noc1C)NCCN1CCOCC1.I. The minimum absolute atomic E-state index is 0. The second-order valence-electron chi connectivity index (χ2n) is 5.79. The largest absolute Gasteiger partial charge is 0.379 e. The average Bonchev–Trinajstić information content (AvgIpc) is 2.89. The maximum Gasteiger partial charge on any atom is 0.191 e. The summed E-state index contributed by atoms with van der Waals surface area (Å²) < 4.78 is 10.5. The molecule has 1 aromatic heterocycles. The summed E-state index contributed by atoms with van der Waals surface area (Å²) >= 11 is 0. The van der Waals surface area contributed by atoms with E-state index < -0.39 is 0 Å². The molecule has 0 aromatic carbocycles. The van der Waals surface area contributed by atoms with Crippen LogP contribution in [0.4, 0.5) is 0 Å². The van der Waals surface area contributed by atoms with Crippen molar-refractivity contribution >= 4 is 29.9 Å². The Kier molecular flexibility index (Phi) is 10.3. The molecule has 7 nitrogen and oxygen atoms in total. The highest BCUT2D eigenvalue weighted by atomic mass is 127. The Hall–Kier alpha value is -0.870. The average molecular weight is 451 g/mol. The van der Waals surface area contributed by atoms with Gasteiger partial charge in [0, 0.05) is 45.3 Å². The molecule has 8 heteroatoms. The molecule has 0 spiro atoms. The number of rotatable bonds is 7. The molecule has 0 amide bonds. The van der Waals surface area contributed by atoms with Crippen molar-refractivity contribution in [3.05, 3.63) is 17.0 Å². The molecule has 2 N–H and O–H groups in total. The van der Waals surface area contributed by atoms with Gasteiger partial charge in [-0.3, -0.25) is 9.89 Å². The fourth-order valence-electron chi connectivity index (χ4n) is 2.71. The first-order valence-electron chi connectivity index (χ1n) is 8.37. The number of aromatic nitrogens is 1. The van der Waals surface area contributed by atoms with Gasteiger partial charge in [-0.25, -0.2) is 0 Å². The molecule has 138 valence electrons. The van der Waals surface area contributed by atoms with E-state index >= 15 is 0 Å². The standard InChI is InChI=1S/C16H29N5O2.HI/c1-13-15(14(2)23-20-13)5-4-6-18-16(17-3)19-7-8-21-9-11-22-12-10-21;/h4-12H2,1-3H3,(H2,17,18,19);1H. The van der Waals surface area contributed by atoms with Gasteiger partial charge in [-0.15, -0.1) is 24.0 Å². The monoisotopic (exact) mass is 451 g/mol. The van der Waals surface area contributed by atoms with E-state index in [1.807, 2.05) is 13.8 Å². The van der Waals surface area contributed by atoms with Gasteiger partial charge in [0.05, 0.1) is 18.9 Å². The molecular weight excluding hydrogens is 421 g/mol. The summed E-state index contributed by atoms with van der Waals surface area (Å²) in [5.74, 6) is 1.78. The third kappa shape index (κ3) is 6.94. The molecule has 1 aliphatic heterocycles. The van der Waals surface area contributed by atoms with Crippen molar-refractivity contribution in [1.29, 1.82) is 0 Å². The maximum atomic E-state index is 5.35. The number of nitrogens with zero attached hydrogens (tertiary/aromatic N) is 3. The van der Waals surface area contributed by atoms with Crippen LogP contribution in [-0.4, -0.2) is 69.0 Å². The molecule has 1 aromatic rings. The van der Waals surface area contributed by atoms with Gasteiger partial charge in [0.25, 0.3) is 0 Å². The van der Waals surface area contributed by atoms with Gasteiger partial charge >= 0.3 is 0 Å². The van der Waals surface area contributed by atoms with Crippen molar-refractivity contribution in [2.75, 3.05) is 53.0 Å². The van der Waals surface area contributed by atoms with Gasteiger partial charge in [0.1, 0.15) is 5.76 Å². The van der Waals surface area contributed by atoms with Crippen LogP contribution in [0.15, 0.2) is 9.52 Å². The third-order valence-electron chi connectivity index (χ3n) is 4.13. The van der Waals surface area contributed by atoms with Crippen molar-refractivity contribution in [2.24, 2.45) is 4.99 Å². The molecule has 24 heavy (non-hydrogen) atoms. The van der Waals surface area contributed by atoms with Crippen LogP contribution in [0.3, 0.4) is 0 Å². The van der Waals surface area contributed by atoms with Crippen LogP contribution in [0, 0.1) is 13.8 Å². The van der Waals surface area contributed by atoms with Gasteiger partial charge in [0.2, 0.25) is 0 Å². The normalized spacial score (nSPS) is 15.9. The number of nitrogens with one attached hydrogen (secondary N) is 2. The quantitative estimate of drug-likeness (QED) is 0.282. The number of hydrogen-bond donors (Lipinski definition) is 2. The summed E-state index contributed by atoms with van der Waals surface area (Å²) in [5, 5.41) is 10.7. The van der Waals surface area contributed by atoms with Crippen LogP contribution in [0.25, 0.3) is 0 Å². The molecule has 0 radical (unpaired) electrons. The molecule has 1 fully saturated rings. The van der Waals surface area contributed by atoms with Crippen LogP contribution in [0.5, 0.6) is 0 Å². The third-order valence-corrected chi connectivity index (χ3v) is 4.13. The van der Waals surface area contributed by atoms with E-state index in [-0.39, 0.29) is 24.0 Å². The van der Waals surface area contributed by atoms with E-state index in [2.05, 4.69) is 25.7 Å². The number of aliphatic imine (C=N–C) groups is 1. The second kappa shape index (κ2) is 11.6. The van der Waals surface area contributed by atoms with E-state index in [1.54, 1.807) is 7.05 Å². The smallest absolute Gasteiger partial charge is 0.191 e. The topological polar surface area (TPSA) is 74.9 Å². The number of guanidine groups is 1. The highest BCUT2D eigenvalue weighted by Crippen LogP contribution is 2.13. The lowest BCUT2D eigenvalue weighted by Gasteiger charge is -2.26. The number of aryl methyl sites for hydroxylation is 2. The first-order valence-corrected chi connectivity index (χ1v) is 8.37. The number of ether oxygens (including phenoxy) is 1. The van der Waals surface area contributed by atoms with E-state index in [0.29, 0.717) is 0 Å². The lowest BCUT2D eigenvalue weighted by Crippen LogP contribution is -2.44. The fourth-order valence-corrected chi connectivity index (χ4v) is 2.71. The van der Waals surface area contributed by atoms with Gasteiger partial charge < -0.3 is 19.9 Å². The highest BCUT2D eigenvalue weighted by molar-refractivity contribution is 14.0. The van der Waals surface area contributed by atoms with E-state index in [9.17, 15) is 0 Å². The zero-order valence-electron chi connectivity index (χ0n) is 14.9. The van der Waals surface area contributed by atoms with Crippen LogP contribution in [-0.2, 0) is 11.2 Å². The Labute approximate surface area is 161 Å². The van der Waals surface area contributed by atoms with Crippen molar-refractivity contribution < 1.29 is 9.26 Å². The Morgan fingerprint density at radius 3 is 2.54 bits per heavy atom.